The molecular formula is C104H64N8O2. The molecule has 0 aliphatic carbocycles. The molecule has 0 N–H and O–H groups in total. The minimum absolute atomic E-state index is 0.589. The molecule has 10 heteroatoms. The van der Waals surface area contributed by atoms with Crippen molar-refractivity contribution >= 4 is 87.2 Å². The molecule has 0 saturated heterocycles. The highest BCUT2D eigenvalue weighted by Crippen LogP contribution is 2.47. The lowest BCUT2D eigenvalue weighted by Gasteiger charge is -2.13. The summed E-state index contributed by atoms with van der Waals surface area (Å²) < 4.78 is 13.6. The molecule has 0 bridgehead atoms. The molecule has 6 heterocycles. The molecule has 10 nitrogen and oxygen atoms in total. The third kappa shape index (κ3) is 12.2. The van der Waals surface area contributed by atoms with E-state index in [0.717, 1.165) is 166 Å². The standard InChI is InChI=1S/C58H36N4O.C46H28N4O/c1-3-13-37(14-4-1)39-25-31-43(32-26-39)56-60-57(44-33-27-40(28-34-44)38-15-5-2-6-16-38)62-58(61-56)45-35-29-42(30-36-45)54-53-49-20-9-10-24-51(49)63-55(53)52-48(22-12-23-50(52)59-54)47-21-11-18-41-17-7-8-19-46(41)47;1-3-15-30(16-4-1)44-48-45(31-17-5-2-6-18-31)50-46(49-44)33-21-11-20-32(28-33)42-41-37-23-9-10-27-39(37)51-43(41)40-36(25-13-26-38(40)47-42)35-24-12-19-29-14-7-8-22-34(29)35/h1-36H;1-28H. The second kappa shape index (κ2) is 28.5. The van der Waals surface area contributed by atoms with Crippen molar-refractivity contribution in [3.63, 3.8) is 0 Å². The summed E-state index contributed by atoms with van der Waals surface area (Å²) in [7, 11) is 0. The fraction of sp³-hybridized carbons (Fsp3) is 0. The minimum atomic E-state index is 0.589. The molecule has 6 aromatic heterocycles. The van der Waals surface area contributed by atoms with E-state index in [4.69, 9.17) is 48.7 Å². The Bertz CT molecular complexity index is 7270. The summed E-state index contributed by atoms with van der Waals surface area (Å²) in [6.07, 6.45) is 0. The molecule has 0 spiro atoms. The van der Waals surface area contributed by atoms with Crippen LogP contribution in [0.4, 0.5) is 0 Å². The average molecular weight is 1460 g/mol. The summed E-state index contributed by atoms with van der Waals surface area (Å²) in [6, 6.07) is 134. The van der Waals surface area contributed by atoms with Gasteiger partial charge in [0.25, 0.3) is 0 Å². The summed E-state index contributed by atoms with van der Waals surface area (Å²) in [5.74, 6) is 3.64. The highest BCUT2D eigenvalue weighted by atomic mass is 16.3. The summed E-state index contributed by atoms with van der Waals surface area (Å²) in [4.78, 5) is 41.0. The second-order valence-corrected chi connectivity index (χ2v) is 28.4. The number of aromatic nitrogens is 8. The van der Waals surface area contributed by atoms with Gasteiger partial charge in [0, 0.05) is 55.3 Å². The van der Waals surface area contributed by atoms with Crippen molar-refractivity contribution in [3.05, 3.63) is 388 Å². The number of pyridine rings is 2. The third-order valence-electron chi connectivity index (χ3n) is 21.5. The van der Waals surface area contributed by atoms with Crippen LogP contribution in [0.2, 0.25) is 0 Å². The Hall–Kier alpha value is -15.5. The Labute approximate surface area is 655 Å². The number of para-hydroxylation sites is 2. The van der Waals surface area contributed by atoms with Gasteiger partial charge in [0.2, 0.25) is 0 Å². The molecule has 16 aromatic carbocycles. The Morgan fingerprint density at radius 3 is 0.860 bits per heavy atom. The lowest BCUT2D eigenvalue weighted by atomic mass is 9.93. The molecule has 0 amide bonds. The lowest BCUT2D eigenvalue weighted by Crippen LogP contribution is -2.00. The summed E-state index contributed by atoms with van der Waals surface area (Å²) in [5, 5.41) is 10.8. The molecule has 0 aliphatic rings. The molecule has 0 fully saturated rings. The topological polar surface area (TPSA) is 129 Å². The van der Waals surface area contributed by atoms with Crippen LogP contribution in [0.3, 0.4) is 0 Å². The van der Waals surface area contributed by atoms with E-state index in [2.05, 4.69) is 279 Å². The normalized spacial score (nSPS) is 11.5. The van der Waals surface area contributed by atoms with Crippen LogP contribution in [-0.4, -0.2) is 39.9 Å². The Morgan fingerprint density at radius 2 is 0.439 bits per heavy atom. The molecule has 0 unspecified atom stereocenters. The summed E-state index contributed by atoms with van der Waals surface area (Å²) in [6.45, 7) is 0. The predicted octanol–water partition coefficient (Wildman–Crippen LogP) is 26.9. The van der Waals surface area contributed by atoms with Crippen LogP contribution in [0, 0.1) is 0 Å². The molecule has 22 aromatic rings. The van der Waals surface area contributed by atoms with Gasteiger partial charge < -0.3 is 8.83 Å². The van der Waals surface area contributed by atoms with Crippen LogP contribution >= 0.6 is 0 Å². The van der Waals surface area contributed by atoms with E-state index in [1.165, 1.54) is 21.5 Å². The van der Waals surface area contributed by atoms with E-state index in [1.54, 1.807) is 0 Å². The van der Waals surface area contributed by atoms with Crippen LogP contribution < -0.4 is 0 Å². The van der Waals surface area contributed by atoms with Crippen LogP contribution in [-0.2, 0) is 0 Å². The van der Waals surface area contributed by atoms with E-state index in [0.29, 0.717) is 34.9 Å². The monoisotopic (exact) mass is 1460 g/mol. The van der Waals surface area contributed by atoms with Gasteiger partial charge >= 0.3 is 0 Å². The first-order valence-electron chi connectivity index (χ1n) is 38.1. The van der Waals surface area contributed by atoms with Crippen molar-refractivity contribution < 1.29 is 8.83 Å². The van der Waals surface area contributed by atoms with E-state index in [1.807, 2.05) is 109 Å². The van der Waals surface area contributed by atoms with Crippen LogP contribution in [0.25, 0.3) is 223 Å². The molecule has 0 radical (unpaired) electrons. The zero-order valence-electron chi connectivity index (χ0n) is 61.3. The zero-order chi connectivity index (χ0) is 75.4. The van der Waals surface area contributed by atoms with Crippen molar-refractivity contribution in [1.82, 2.24) is 39.9 Å². The van der Waals surface area contributed by atoms with E-state index in [9.17, 15) is 0 Å². The Balaban J connectivity index is 0.000000146. The lowest BCUT2D eigenvalue weighted by molar-refractivity contribution is 0.672. The maximum absolute atomic E-state index is 6.80. The largest absolute Gasteiger partial charge is 0.455 e. The van der Waals surface area contributed by atoms with Gasteiger partial charge in [0.05, 0.1) is 44.0 Å². The van der Waals surface area contributed by atoms with Crippen LogP contribution in [0.15, 0.2) is 397 Å². The summed E-state index contributed by atoms with van der Waals surface area (Å²) >= 11 is 0. The van der Waals surface area contributed by atoms with Gasteiger partial charge in [-0.15, -0.1) is 0 Å². The molecular weight excluding hydrogens is 1390 g/mol. The maximum Gasteiger partial charge on any atom is 0.164 e. The van der Waals surface area contributed by atoms with Gasteiger partial charge in [0.15, 0.2) is 34.9 Å². The molecule has 0 saturated carbocycles. The average Bonchev–Trinajstić information content (AvgIpc) is 1.54. The maximum atomic E-state index is 6.80. The minimum Gasteiger partial charge on any atom is -0.455 e. The number of nitrogens with zero attached hydrogens (tertiary/aromatic N) is 8. The predicted molar refractivity (Wildman–Crippen MR) is 465 cm³/mol. The SMILES string of the molecule is c1ccc(-c2ccc(-c3nc(-c4ccc(-c5ccccc5)cc4)nc(-c4ccc(-c5nc6cccc(-c7cccc8ccccc78)c6c6oc7ccccc7c56)cc4)n3)cc2)cc1.c1ccc(-c2nc(-c3ccccc3)nc(-c3cccc(-c4nc5cccc(-c6cccc7ccccc67)c5c5oc6ccccc6c45)c3)n2)cc1. The second-order valence-electron chi connectivity index (χ2n) is 28.4. The van der Waals surface area contributed by atoms with E-state index in [-0.39, 0.29) is 0 Å². The van der Waals surface area contributed by atoms with Crippen LogP contribution in [0.5, 0.6) is 0 Å². The van der Waals surface area contributed by atoms with Crippen molar-refractivity contribution in [1.29, 1.82) is 0 Å². The van der Waals surface area contributed by atoms with Crippen molar-refractivity contribution in [2.75, 3.05) is 0 Å². The summed E-state index contributed by atoms with van der Waals surface area (Å²) in [5.41, 5.74) is 23.1. The molecule has 0 atom stereocenters. The van der Waals surface area contributed by atoms with Gasteiger partial charge in [-0.3, -0.25) is 0 Å². The fourth-order valence-electron chi connectivity index (χ4n) is 16.0. The Kier molecular flexibility index (Phi) is 16.7. The van der Waals surface area contributed by atoms with Crippen molar-refractivity contribution in [2.45, 2.75) is 0 Å². The molecule has 114 heavy (non-hydrogen) atoms. The number of hydrogen-bond donors (Lipinski definition) is 0. The highest BCUT2D eigenvalue weighted by molar-refractivity contribution is 6.25. The smallest absolute Gasteiger partial charge is 0.164 e. The molecule has 22 rings (SSSR count). The van der Waals surface area contributed by atoms with Gasteiger partial charge in [0.1, 0.15) is 22.3 Å². The fourth-order valence-corrected chi connectivity index (χ4v) is 16.0. The quantitative estimate of drug-likeness (QED) is 0.117. The van der Waals surface area contributed by atoms with Gasteiger partial charge in [-0.05, 0) is 96.4 Å². The number of fused-ring (bicyclic) bond motifs is 12. The van der Waals surface area contributed by atoms with Gasteiger partial charge in [-0.2, -0.15) is 0 Å². The van der Waals surface area contributed by atoms with Crippen molar-refractivity contribution in [3.8, 4) is 135 Å². The third-order valence-corrected chi connectivity index (χ3v) is 21.5. The highest BCUT2D eigenvalue weighted by Gasteiger charge is 2.25. The number of benzene rings is 16. The number of hydrogen-bond acceptors (Lipinski definition) is 10. The van der Waals surface area contributed by atoms with Crippen molar-refractivity contribution in [2.24, 2.45) is 0 Å². The molecule has 0 aliphatic heterocycles. The first-order chi connectivity index (χ1) is 56.5. The Morgan fingerprint density at radius 1 is 0.167 bits per heavy atom. The number of rotatable bonds is 12. The first kappa shape index (κ1) is 66.7. The number of furan rings is 2. The molecule has 532 valence electrons. The van der Waals surface area contributed by atoms with E-state index >= 15 is 0 Å². The van der Waals surface area contributed by atoms with E-state index < -0.39 is 0 Å². The zero-order valence-corrected chi connectivity index (χ0v) is 61.3. The van der Waals surface area contributed by atoms with Gasteiger partial charge in [-0.1, -0.05) is 358 Å². The first-order valence-corrected chi connectivity index (χ1v) is 38.1. The van der Waals surface area contributed by atoms with Gasteiger partial charge in [-0.25, -0.2) is 39.9 Å². The van der Waals surface area contributed by atoms with Crippen LogP contribution in [0.1, 0.15) is 0 Å².